The lowest BCUT2D eigenvalue weighted by atomic mass is 9.85. The summed E-state index contributed by atoms with van der Waals surface area (Å²) in [6.45, 7) is 4.49. The van der Waals surface area contributed by atoms with Gasteiger partial charge >= 0.3 is 0 Å². The summed E-state index contributed by atoms with van der Waals surface area (Å²) in [5.41, 5.74) is 4.16. The molecule has 0 radical (unpaired) electrons. The molecule has 1 atom stereocenters. The number of aromatic hydroxyl groups is 2. The van der Waals surface area contributed by atoms with Gasteiger partial charge in [-0.15, -0.1) is 0 Å². The summed E-state index contributed by atoms with van der Waals surface area (Å²) in [5.74, 6) is 2.20. The third-order valence-electron chi connectivity index (χ3n) is 6.46. The lowest BCUT2D eigenvalue weighted by molar-refractivity contribution is 0.238. The van der Waals surface area contributed by atoms with E-state index in [0.717, 1.165) is 54.2 Å². The number of phenols is 2. The highest BCUT2D eigenvalue weighted by Crippen LogP contribution is 2.42. The molecule has 0 spiro atoms. The van der Waals surface area contributed by atoms with E-state index in [0.29, 0.717) is 13.2 Å². The quantitative estimate of drug-likeness (QED) is 0.565. The Bertz CT molecular complexity index is 1090. The van der Waals surface area contributed by atoms with Crippen molar-refractivity contribution in [3.63, 3.8) is 0 Å². The Labute approximate surface area is 188 Å². The van der Waals surface area contributed by atoms with Crippen LogP contribution in [0, 0.1) is 0 Å². The van der Waals surface area contributed by atoms with Crippen LogP contribution in [0.5, 0.6) is 23.0 Å². The van der Waals surface area contributed by atoms with Gasteiger partial charge in [0, 0.05) is 29.7 Å². The largest absolute Gasteiger partial charge is 0.508 e. The van der Waals surface area contributed by atoms with Crippen LogP contribution in [-0.4, -0.2) is 48.0 Å². The molecular formula is C27H29NO4. The number of phenolic OH excluding ortho intramolecular Hbond substituents is 2. The normalized spacial score (nSPS) is 18.2. The number of rotatable bonds is 6. The van der Waals surface area contributed by atoms with Gasteiger partial charge in [-0.1, -0.05) is 24.3 Å². The van der Waals surface area contributed by atoms with Crippen LogP contribution in [0.25, 0.3) is 11.1 Å². The Morgan fingerprint density at radius 1 is 0.938 bits per heavy atom. The van der Waals surface area contributed by atoms with Crippen LogP contribution in [0.4, 0.5) is 0 Å². The molecule has 2 aliphatic rings. The van der Waals surface area contributed by atoms with Gasteiger partial charge in [0.15, 0.2) is 0 Å². The summed E-state index contributed by atoms with van der Waals surface area (Å²) in [7, 11) is 0. The summed E-state index contributed by atoms with van der Waals surface area (Å²) in [6, 6.07) is 19.0. The van der Waals surface area contributed by atoms with Crippen molar-refractivity contribution in [3.05, 3.63) is 71.8 Å². The van der Waals surface area contributed by atoms with E-state index in [2.05, 4.69) is 17.0 Å². The fraction of sp³-hybridized carbons (Fsp3) is 0.333. The van der Waals surface area contributed by atoms with Crippen LogP contribution in [0.3, 0.4) is 0 Å². The molecule has 1 saturated heterocycles. The number of fused-ring (bicyclic) bond motifs is 1. The van der Waals surface area contributed by atoms with E-state index >= 15 is 0 Å². The molecule has 32 heavy (non-hydrogen) atoms. The number of ether oxygens (including phenoxy) is 2. The standard InChI is InChI=1S/C27H29NO4/c29-21-5-3-4-19(16-21)25-17-20(6-9-26(25)32-15-13-28-11-1-2-12-28)23-10-14-31-27-18-22(30)7-8-24(23)27/h3-9,16-18,23,29-30H,1-2,10-15H2. The Kier molecular flexibility index (Phi) is 5.91. The third-order valence-corrected chi connectivity index (χ3v) is 6.46. The molecule has 5 rings (SSSR count). The maximum atomic E-state index is 10.1. The first-order chi connectivity index (χ1) is 15.7. The minimum Gasteiger partial charge on any atom is -0.508 e. The van der Waals surface area contributed by atoms with E-state index in [4.69, 9.17) is 9.47 Å². The minimum absolute atomic E-state index is 0.175. The highest BCUT2D eigenvalue weighted by molar-refractivity contribution is 5.73. The minimum atomic E-state index is 0.175. The van der Waals surface area contributed by atoms with Crippen LogP contribution < -0.4 is 9.47 Å². The number of hydrogen-bond donors (Lipinski definition) is 2. The summed E-state index contributed by atoms with van der Waals surface area (Å²) < 4.78 is 12.0. The smallest absolute Gasteiger partial charge is 0.127 e. The monoisotopic (exact) mass is 431 g/mol. The maximum Gasteiger partial charge on any atom is 0.127 e. The predicted molar refractivity (Wildman–Crippen MR) is 125 cm³/mol. The molecule has 0 aliphatic carbocycles. The number of benzene rings is 3. The van der Waals surface area contributed by atoms with Crippen molar-refractivity contribution in [2.75, 3.05) is 32.8 Å². The Morgan fingerprint density at radius 3 is 2.62 bits per heavy atom. The zero-order chi connectivity index (χ0) is 21.9. The van der Waals surface area contributed by atoms with Crippen molar-refractivity contribution in [1.29, 1.82) is 0 Å². The molecule has 0 bridgehead atoms. The molecular weight excluding hydrogens is 402 g/mol. The Morgan fingerprint density at radius 2 is 1.78 bits per heavy atom. The van der Waals surface area contributed by atoms with Gasteiger partial charge in [0.05, 0.1) is 6.61 Å². The fourth-order valence-electron chi connectivity index (χ4n) is 4.80. The first kappa shape index (κ1) is 20.7. The molecule has 5 nitrogen and oxygen atoms in total. The molecule has 3 aromatic rings. The number of nitrogens with zero attached hydrogens (tertiary/aromatic N) is 1. The second-order valence-corrected chi connectivity index (χ2v) is 8.61. The van der Waals surface area contributed by atoms with Crippen molar-refractivity contribution < 1.29 is 19.7 Å². The van der Waals surface area contributed by atoms with E-state index in [9.17, 15) is 10.2 Å². The van der Waals surface area contributed by atoms with Crippen LogP contribution >= 0.6 is 0 Å². The molecule has 2 aliphatic heterocycles. The molecule has 166 valence electrons. The fourth-order valence-corrected chi connectivity index (χ4v) is 4.80. The molecule has 2 heterocycles. The summed E-state index contributed by atoms with van der Waals surface area (Å²) >= 11 is 0. The maximum absolute atomic E-state index is 10.1. The van der Waals surface area contributed by atoms with E-state index in [-0.39, 0.29) is 17.4 Å². The average Bonchev–Trinajstić information content (AvgIpc) is 3.32. The summed E-state index contributed by atoms with van der Waals surface area (Å²) in [4.78, 5) is 2.44. The zero-order valence-electron chi connectivity index (χ0n) is 18.2. The van der Waals surface area contributed by atoms with Crippen LogP contribution in [0.2, 0.25) is 0 Å². The van der Waals surface area contributed by atoms with Crippen molar-refractivity contribution in [2.24, 2.45) is 0 Å². The predicted octanol–water partition coefficient (Wildman–Crippen LogP) is 5.15. The van der Waals surface area contributed by atoms with E-state index < -0.39 is 0 Å². The molecule has 5 heteroatoms. The average molecular weight is 432 g/mol. The molecule has 0 aromatic heterocycles. The lowest BCUT2D eigenvalue weighted by Gasteiger charge is -2.27. The van der Waals surface area contributed by atoms with Gasteiger partial charge in [0.25, 0.3) is 0 Å². The second kappa shape index (κ2) is 9.13. The lowest BCUT2D eigenvalue weighted by Crippen LogP contribution is -2.25. The SMILES string of the molecule is Oc1cccc(-c2cc(C3CCOc4cc(O)ccc43)ccc2OCCN2CCCC2)c1. The molecule has 3 aromatic carbocycles. The Balaban J connectivity index is 1.47. The third kappa shape index (κ3) is 4.39. The first-order valence-electron chi connectivity index (χ1n) is 11.4. The van der Waals surface area contributed by atoms with Crippen LogP contribution in [0.1, 0.15) is 36.3 Å². The topological polar surface area (TPSA) is 62.2 Å². The molecule has 1 unspecified atom stereocenters. The van der Waals surface area contributed by atoms with Crippen molar-refractivity contribution in [2.45, 2.75) is 25.2 Å². The van der Waals surface area contributed by atoms with Gasteiger partial charge in [-0.05, 0) is 73.8 Å². The van der Waals surface area contributed by atoms with Crippen molar-refractivity contribution in [1.82, 2.24) is 4.90 Å². The van der Waals surface area contributed by atoms with Gasteiger partial charge in [-0.2, -0.15) is 0 Å². The highest BCUT2D eigenvalue weighted by atomic mass is 16.5. The van der Waals surface area contributed by atoms with Gasteiger partial charge < -0.3 is 19.7 Å². The van der Waals surface area contributed by atoms with Gasteiger partial charge in [0.2, 0.25) is 0 Å². The molecule has 2 N–H and O–H groups in total. The number of likely N-dealkylation sites (tertiary alicyclic amines) is 1. The molecule has 0 saturated carbocycles. The number of hydrogen-bond acceptors (Lipinski definition) is 5. The summed E-state index contributed by atoms with van der Waals surface area (Å²) in [5, 5.41) is 19.9. The second-order valence-electron chi connectivity index (χ2n) is 8.61. The van der Waals surface area contributed by atoms with E-state index in [1.807, 2.05) is 24.3 Å². The Hall–Kier alpha value is -3.18. The molecule has 0 amide bonds. The summed E-state index contributed by atoms with van der Waals surface area (Å²) in [6.07, 6.45) is 3.41. The van der Waals surface area contributed by atoms with E-state index in [1.165, 1.54) is 18.4 Å². The van der Waals surface area contributed by atoms with Gasteiger partial charge in [-0.3, -0.25) is 4.90 Å². The zero-order valence-corrected chi connectivity index (χ0v) is 18.2. The van der Waals surface area contributed by atoms with Crippen LogP contribution in [0.15, 0.2) is 60.7 Å². The first-order valence-corrected chi connectivity index (χ1v) is 11.4. The highest BCUT2D eigenvalue weighted by Gasteiger charge is 2.24. The van der Waals surface area contributed by atoms with Crippen molar-refractivity contribution >= 4 is 0 Å². The van der Waals surface area contributed by atoms with Gasteiger partial charge in [0.1, 0.15) is 29.6 Å². The van der Waals surface area contributed by atoms with Gasteiger partial charge in [-0.25, -0.2) is 0 Å². The van der Waals surface area contributed by atoms with E-state index in [1.54, 1.807) is 24.3 Å². The van der Waals surface area contributed by atoms with Crippen LogP contribution in [-0.2, 0) is 0 Å². The van der Waals surface area contributed by atoms with Crippen molar-refractivity contribution in [3.8, 4) is 34.1 Å². The molecule has 1 fully saturated rings.